The van der Waals surface area contributed by atoms with Crippen LogP contribution in [0.4, 0.5) is 25.3 Å². The number of piperazine rings is 1. The zero-order valence-electron chi connectivity index (χ0n) is 19.3. The van der Waals surface area contributed by atoms with Crippen LogP contribution >= 0.6 is 22.7 Å². The number of nitrogens with two attached hydrogens (primary N) is 1. The van der Waals surface area contributed by atoms with Gasteiger partial charge in [0.15, 0.2) is 10.9 Å². The van der Waals surface area contributed by atoms with Gasteiger partial charge in [0.05, 0.1) is 23.3 Å². The van der Waals surface area contributed by atoms with Gasteiger partial charge >= 0.3 is 6.03 Å². The molecule has 10 nitrogen and oxygen atoms in total. The van der Waals surface area contributed by atoms with E-state index in [-0.39, 0.29) is 29.5 Å². The third-order valence-corrected chi connectivity index (χ3v) is 9.43. The topological polar surface area (TPSA) is 119 Å². The van der Waals surface area contributed by atoms with Crippen molar-refractivity contribution in [2.24, 2.45) is 5.73 Å². The first kappa shape index (κ1) is 21.5. The highest BCUT2D eigenvalue weighted by Crippen LogP contribution is 2.67. The zero-order chi connectivity index (χ0) is 24.9. The number of thiazole rings is 1. The lowest BCUT2D eigenvalue weighted by molar-refractivity contribution is 0.232. The number of amides is 2. The Morgan fingerprint density at radius 1 is 1.31 bits per heavy atom. The van der Waals surface area contributed by atoms with Crippen LogP contribution in [0.15, 0.2) is 24.3 Å². The van der Waals surface area contributed by atoms with Gasteiger partial charge in [-0.3, -0.25) is 0 Å². The molecular weight excluding hydrogens is 501 g/mol. The van der Waals surface area contributed by atoms with Crippen molar-refractivity contribution in [3.63, 3.8) is 0 Å². The summed E-state index contributed by atoms with van der Waals surface area (Å²) in [5.41, 5.74) is 7.54. The normalized spacial score (nSPS) is 23.5. The molecule has 3 aromatic heterocycles. The molecule has 3 atom stereocenters. The lowest BCUT2D eigenvalue weighted by Gasteiger charge is -2.20. The summed E-state index contributed by atoms with van der Waals surface area (Å²) in [5, 5.41) is 16.1. The van der Waals surface area contributed by atoms with E-state index in [4.69, 9.17) is 20.8 Å². The second kappa shape index (κ2) is 7.14. The summed E-state index contributed by atoms with van der Waals surface area (Å²) >= 11 is 2.80. The average molecular weight is 522 g/mol. The first-order chi connectivity index (χ1) is 17.4. The lowest BCUT2D eigenvalue weighted by Crippen LogP contribution is -2.34. The number of nitrogens with zero attached hydrogens (tertiary/aromatic N) is 8. The van der Waals surface area contributed by atoms with Crippen LogP contribution in [-0.4, -0.2) is 61.7 Å². The van der Waals surface area contributed by atoms with Crippen LogP contribution in [0.2, 0.25) is 0 Å². The van der Waals surface area contributed by atoms with Gasteiger partial charge in [-0.15, -0.1) is 5.10 Å². The average Bonchev–Trinajstić information content (AvgIpc) is 3.40. The number of halogens is 1. The van der Waals surface area contributed by atoms with Crippen molar-refractivity contribution in [1.82, 2.24) is 24.5 Å². The number of hydrogen-bond donors (Lipinski definition) is 1. The Morgan fingerprint density at radius 3 is 2.72 bits per heavy atom. The van der Waals surface area contributed by atoms with Crippen molar-refractivity contribution < 1.29 is 9.18 Å². The number of benzene rings is 1. The van der Waals surface area contributed by atoms with Crippen molar-refractivity contribution in [2.75, 3.05) is 23.4 Å². The van der Waals surface area contributed by atoms with Crippen molar-refractivity contribution in [3.05, 3.63) is 40.7 Å². The van der Waals surface area contributed by atoms with E-state index in [1.165, 1.54) is 34.8 Å². The van der Waals surface area contributed by atoms with E-state index < -0.39 is 0 Å². The fourth-order valence-corrected chi connectivity index (χ4v) is 7.49. The molecular formula is C23H20FN9OS2. The minimum atomic E-state index is -0.340. The predicted octanol–water partition coefficient (Wildman–Crippen LogP) is 3.35. The maximum atomic E-state index is 13.4. The second-order valence-corrected chi connectivity index (χ2v) is 11.2. The van der Waals surface area contributed by atoms with Gasteiger partial charge in [0.1, 0.15) is 22.5 Å². The van der Waals surface area contributed by atoms with Crippen LogP contribution in [0.25, 0.3) is 16.2 Å². The molecule has 13 heteroatoms. The molecule has 4 aromatic rings. The first-order valence-corrected chi connectivity index (χ1v) is 13.1. The zero-order valence-corrected chi connectivity index (χ0v) is 21.0. The molecule has 1 spiro atoms. The Hall–Kier alpha value is -3.76. The van der Waals surface area contributed by atoms with E-state index in [0.717, 1.165) is 34.6 Å². The van der Waals surface area contributed by atoms with Gasteiger partial charge < -0.3 is 20.4 Å². The molecule has 2 amide bonds. The molecule has 182 valence electrons. The van der Waals surface area contributed by atoms with Gasteiger partial charge in [-0.05, 0) is 37.1 Å². The van der Waals surface area contributed by atoms with Crippen molar-refractivity contribution in [2.45, 2.75) is 37.4 Å². The Labute approximate surface area is 213 Å². The molecule has 1 saturated carbocycles. The summed E-state index contributed by atoms with van der Waals surface area (Å²) in [6.07, 6.45) is 1.63. The molecule has 1 aliphatic carbocycles. The molecule has 2 saturated heterocycles. The van der Waals surface area contributed by atoms with Gasteiger partial charge in [-0.2, -0.15) is 9.78 Å². The summed E-state index contributed by atoms with van der Waals surface area (Å²) in [5.74, 6) is 0.459. The Kier molecular flexibility index (Phi) is 4.27. The number of nitriles is 1. The van der Waals surface area contributed by atoms with Gasteiger partial charge in [-0.1, -0.05) is 29.6 Å². The fourth-order valence-electron chi connectivity index (χ4n) is 5.66. The highest BCUT2D eigenvalue weighted by Gasteiger charge is 2.85. The summed E-state index contributed by atoms with van der Waals surface area (Å²) in [4.78, 5) is 28.5. The van der Waals surface area contributed by atoms with Gasteiger partial charge in [0, 0.05) is 19.2 Å². The first-order valence-electron chi connectivity index (χ1n) is 11.5. The Bertz CT molecular complexity index is 1600. The molecule has 0 bridgehead atoms. The third kappa shape index (κ3) is 2.73. The monoisotopic (exact) mass is 521 g/mol. The summed E-state index contributed by atoms with van der Waals surface area (Å²) in [6, 6.07) is 8.29. The number of fused-ring (bicyclic) bond motifs is 1. The number of carbonyl (C=O) groups is 1. The smallest absolute Gasteiger partial charge is 0.315 e. The molecule has 7 rings (SSSR count). The largest absolute Gasteiger partial charge is 0.351 e. The molecule has 2 aliphatic heterocycles. The van der Waals surface area contributed by atoms with Crippen LogP contribution in [0.5, 0.6) is 0 Å². The highest BCUT2D eigenvalue weighted by molar-refractivity contribution is 7.20. The molecule has 3 fully saturated rings. The number of urea groups is 1. The summed E-state index contributed by atoms with van der Waals surface area (Å²) < 4.78 is 15.3. The SMILES string of the molecule is CCc1nc2sc(N3CC4N(C(N)=O)C45CC35)nn2c1N(C)c1nc(-c2ccc(F)cc2)c(C#N)s1. The van der Waals surface area contributed by atoms with Crippen molar-refractivity contribution >= 4 is 49.7 Å². The number of primary amides is 1. The van der Waals surface area contributed by atoms with E-state index in [2.05, 4.69) is 11.0 Å². The van der Waals surface area contributed by atoms with Gasteiger partial charge in [-0.25, -0.2) is 19.2 Å². The molecule has 1 aromatic carbocycles. The van der Waals surface area contributed by atoms with E-state index in [1.54, 1.807) is 17.0 Å². The molecule has 3 aliphatic rings. The summed E-state index contributed by atoms with van der Waals surface area (Å²) in [7, 11) is 1.89. The molecule has 2 N–H and O–H groups in total. The summed E-state index contributed by atoms with van der Waals surface area (Å²) in [6.45, 7) is 2.77. The number of aromatic nitrogens is 4. The number of rotatable bonds is 5. The number of aryl methyl sites for hydroxylation is 1. The minimum absolute atomic E-state index is 0.0842. The number of piperidine rings is 1. The standard InChI is InChI=1S/C23H20FN9OS2/c1-3-13-18(30(2)20-28-17(14(9-25)35-20)11-4-6-12(24)7-5-11)33-21(27-13)36-22(29-33)31-10-16-23(8-15(23)31)32(16)19(26)34/h4-7,15-16H,3,8,10H2,1-2H3,(H2,26,34). The predicted molar refractivity (Wildman–Crippen MR) is 134 cm³/mol. The third-order valence-electron chi connectivity index (χ3n) is 7.45. The van der Waals surface area contributed by atoms with Gasteiger partial charge in [0.25, 0.3) is 0 Å². The maximum absolute atomic E-state index is 13.4. The highest BCUT2D eigenvalue weighted by atomic mass is 32.1. The van der Waals surface area contributed by atoms with E-state index >= 15 is 0 Å². The maximum Gasteiger partial charge on any atom is 0.315 e. The Morgan fingerprint density at radius 2 is 2.08 bits per heavy atom. The van der Waals surface area contributed by atoms with Crippen molar-refractivity contribution in [3.8, 4) is 17.3 Å². The van der Waals surface area contributed by atoms with E-state index in [0.29, 0.717) is 27.7 Å². The number of imidazole rings is 1. The number of hydrogen-bond acceptors (Lipinski definition) is 9. The van der Waals surface area contributed by atoms with Crippen LogP contribution < -0.4 is 15.5 Å². The van der Waals surface area contributed by atoms with E-state index in [1.807, 2.05) is 23.4 Å². The number of carbonyl (C=O) groups excluding carboxylic acids is 1. The molecule has 5 heterocycles. The Balaban J connectivity index is 1.24. The van der Waals surface area contributed by atoms with Gasteiger partial charge in [0.2, 0.25) is 10.1 Å². The lowest BCUT2D eigenvalue weighted by atomic mass is 10.1. The van der Waals surface area contributed by atoms with Crippen LogP contribution in [0, 0.1) is 17.1 Å². The molecule has 3 unspecified atom stereocenters. The van der Waals surface area contributed by atoms with Crippen molar-refractivity contribution in [1.29, 1.82) is 5.26 Å². The second-order valence-electron chi connectivity index (χ2n) is 9.25. The number of anilines is 3. The quantitative estimate of drug-likeness (QED) is 0.400. The fraction of sp³-hybridized carbons (Fsp3) is 0.348. The van der Waals surface area contributed by atoms with E-state index in [9.17, 15) is 14.4 Å². The molecule has 36 heavy (non-hydrogen) atoms. The van der Waals surface area contributed by atoms with Crippen LogP contribution in [-0.2, 0) is 6.42 Å². The molecule has 0 radical (unpaired) electrons. The van der Waals surface area contributed by atoms with Crippen LogP contribution in [0.1, 0.15) is 23.9 Å². The van der Waals surface area contributed by atoms with Crippen LogP contribution in [0.3, 0.4) is 0 Å². The minimum Gasteiger partial charge on any atom is -0.351 e.